The third-order valence-electron chi connectivity index (χ3n) is 2.72. The van der Waals surface area contributed by atoms with Crippen LogP contribution in [0.15, 0.2) is 22.8 Å². The Labute approximate surface area is 109 Å². The number of hydrazine groups is 1. The van der Waals surface area contributed by atoms with Gasteiger partial charge in [-0.3, -0.25) is 10.2 Å². The van der Waals surface area contributed by atoms with E-state index in [2.05, 4.69) is 38.3 Å². The number of carbonyl (C=O) groups excluding carboxylic acids is 1. The molecule has 2 rings (SSSR count). The molecule has 1 saturated heterocycles. The molecule has 6 heteroatoms. The molecule has 0 saturated carbocycles. The van der Waals surface area contributed by atoms with Crippen LogP contribution in [0.25, 0.3) is 0 Å². The van der Waals surface area contributed by atoms with E-state index < -0.39 is 0 Å². The van der Waals surface area contributed by atoms with E-state index in [1.165, 1.54) is 0 Å². The summed E-state index contributed by atoms with van der Waals surface area (Å²) in [6, 6.07) is 3.52. The number of hydrogen-bond donors (Lipinski definition) is 1. The van der Waals surface area contributed by atoms with Crippen molar-refractivity contribution in [2.45, 2.75) is 0 Å². The molecule has 1 fully saturated rings. The van der Waals surface area contributed by atoms with Crippen LogP contribution in [0.5, 0.6) is 0 Å². The van der Waals surface area contributed by atoms with Crippen LogP contribution in [-0.2, 0) is 0 Å². The van der Waals surface area contributed by atoms with Gasteiger partial charge >= 0.3 is 0 Å². The minimum absolute atomic E-state index is 0.151. The summed E-state index contributed by atoms with van der Waals surface area (Å²) in [7, 11) is 2.08. The highest BCUT2D eigenvalue weighted by Gasteiger charge is 2.16. The molecule has 0 aromatic carbocycles. The fourth-order valence-electron chi connectivity index (χ4n) is 1.63. The number of halogens is 1. The Morgan fingerprint density at radius 1 is 1.35 bits per heavy atom. The number of nitrogens with zero attached hydrogens (tertiary/aromatic N) is 3. The number of hydrogen-bond acceptors (Lipinski definition) is 4. The molecular weight excluding hydrogens is 284 g/mol. The second kappa shape index (κ2) is 5.57. The second-order valence-corrected chi connectivity index (χ2v) is 5.01. The normalized spacial score (nSPS) is 18.0. The van der Waals surface area contributed by atoms with Gasteiger partial charge in [0.2, 0.25) is 0 Å². The van der Waals surface area contributed by atoms with Crippen molar-refractivity contribution < 1.29 is 4.79 Å². The average molecular weight is 299 g/mol. The summed E-state index contributed by atoms with van der Waals surface area (Å²) in [5, 5.41) is 1.94. The second-order valence-electron chi connectivity index (χ2n) is 4.09. The Hall–Kier alpha value is -0.980. The molecule has 1 aromatic heterocycles. The maximum Gasteiger partial charge on any atom is 0.284 e. The van der Waals surface area contributed by atoms with Crippen LogP contribution in [0.4, 0.5) is 0 Å². The first-order valence-electron chi connectivity index (χ1n) is 5.51. The molecule has 1 aliphatic heterocycles. The van der Waals surface area contributed by atoms with E-state index >= 15 is 0 Å². The van der Waals surface area contributed by atoms with Gasteiger partial charge in [0.25, 0.3) is 5.91 Å². The number of pyridine rings is 1. The zero-order chi connectivity index (χ0) is 12.3. The van der Waals surface area contributed by atoms with E-state index in [1.807, 2.05) is 11.1 Å². The van der Waals surface area contributed by atoms with Gasteiger partial charge in [0.05, 0.1) is 0 Å². The molecule has 0 unspecified atom stereocenters. The molecule has 17 heavy (non-hydrogen) atoms. The van der Waals surface area contributed by atoms with Crippen molar-refractivity contribution in [2.24, 2.45) is 0 Å². The average Bonchev–Trinajstić information content (AvgIpc) is 2.33. The van der Waals surface area contributed by atoms with Crippen molar-refractivity contribution in [1.82, 2.24) is 20.3 Å². The summed E-state index contributed by atoms with van der Waals surface area (Å²) in [6.07, 6.45) is 1.62. The van der Waals surface area contributed by atoms with Gasteiger partial charge in [-0.05, 0) is 35.1 Å². The van der Waals surface area contributed by atoms with Gasteiger partial charge in [-0.25, -0.2) is 9.99 Å². The van der Waals surface area contributed by atoms with Gasteiger partial charge in [0, 0.05) is 36.8 Å². The van der Waals surface area contributed by atoms with E-state index in [0.717, 1.165) is 30.7 Å². The zero-order valence-electron chi connectivity index (χ0n) is 9.69. The summed E-state index contributed by atoms with van der Waals surface area (Å²) in [4.78, 5) is 18.2. The number of amides is 1. The Balaban J connectivity index is 1.91. The lowest BCUT2D eigenvalue weighted by molar-refractivity contribution is 0.0657. The van der Waals surface area contributed by atoms with Crippen molar-refractivity contribution in [1.29, 1.82) is 0 Å². The van der Waals surface area contributed by atoms with E-state index in [4.69, 9.17) is 0 Å². The van der Waals surface area contributed by atoms with Crippen molar-refractivity contribution in [2.75, 3.05) is 33.2 Å². The largest absolute Gasteiger partial charge is 0.304 e. The van der Waals surface area contributed by atoms with Gasteiger partial charge < -0.3 is 4.90 Å². The maximum atomic E-state index is 11.9. The van der Waals surface area contributed by atoms with Crippen LogP contribution in [0.2, 0.25) is 0 Å². The summed E-state index contributed by atoms with van der Waals surface area (Å²) in [5.41, 5.74) is 3.30. The first-order chi connectivity index (χ1) is 8.15. The lowest BCUT2D eigenvalue weighted by Crippen LogP contribution is -2.52. The van der Waals surface area contributed by atoms with Crippen molar-refractivity contribution in [3.8, 4) is 0 Å². The highest BCUT2D eigenvalue weighted by atomic mass is 79.9. The van der Waals surface area contributed by atoms with Crippen LogP contribution >= 0.6 is 15.9 Å². The van der Waals surface area contributed by atoms with E-state index in [0.29, 0.717) is 5.69 Å². The van der Waals surface area contributed by atoms with Gasteiger partial charge in [-0.15, -0.1) is 0 Å². The van der Waals surface area contributed by atoms with Crippen LogP contribution < -0.4 is 5.43 Å². The van der Waals surface area contributed by atoms with Crippen LogP contribution in [0.1, 0.15) is 10.5 Å². The SMILES string of the molecule is CN1CCN(NC(=O)c2ccc(Br)cn2)CC1. The predicted molar refractivity (Wildman–Crippen MR) is 68.5 cm³/mol. The van der Waals surface area contributed by atoms with E-state index in [1.54, 1.807) is 12.3 Å². The van der Waals surface area contributed by atoms with Crippen molar-refractivity contribution >= 4 is 21.8 Å². The number of piperazine rings is 1. The van der Waals surface area contributed by atoms with Crippen LogP contribution in [0, 0.1) is 0 Å². The molecule has 0 atom stereocenters. The Morgan fingerprint density at radius 2 is 2.06 bits per heavy atom. The Morgan fingerprint density at radius 3 is 2.65 bits per heavy atom. The van der Waals surface area contributed by atoms with Crippen LogP contribution in [0.3, 0.4) is 0 Å². The first kappa shape index (κ1) is 12.5. The molecule has 5 nitrogen and oxygen atoms in total. The predicted octanol–water partition coefficient (Wildman–Crippen LogP) is 0.736. The molecule has 1 N–H and O–H groups in total. The third kappa shape index (κ3) is 3.49. The van der Waals surface area contributed by atoms with Crippen molar-refractivity contribution in [3.63, 3.8) is 0 Å². The van der Waals surface area contributed by atoms with E-state index in [9.17, 15) is 4.79 Å². The number of aromatic nitrogens is 1. The number of nitrogens with one attached hydrogen (secondary N) is 1. The molecule has 1 aliphatic rings. The molecule has 0 bridgehead atoms. The molecular formula is C11H15BrN4O. The summed E-state index contributed by atoms with van der Waals surface area (Å²) < 4.78 is 0.869. The Kier molecular flexibility index (Phi) is 4.09. The standard InChI is InChI=1S/C11H15BrN4O/c1-15-4-6-16(7-5-15)14-11(17)10-3-2-9(12)8-13-10/h2-3,8H,4-7H2,1H3,(H,14,17). The third-order valence-corrected chi connectivity index (χ3v) is 3.19. The molecule has 1 amide bonds. The highest BCUT2D eigenvalue weighted by molar-refractivity contribution is 9.10. The zero-order valence-corrected chi connectivity index (χ0v) is 11.3. The van der Waals surface area contributed by atoms with Gasteiger partial charge in [0.15, 0.2) is 0 Å². The van der Waals surface area contributed by atoms with Gasteiger partial charge in [-0.2, -0.15) is 0 Å². The van der Waals surface area contributed by atoms with Crippen molar-refractivity contribution in [3.05, 3.63) is 28.5 Å². The smallest absolute Gasteiger partial charge is 0.284 e. The fraction of sp³-hybridized carbons (Fsp3) is 0.455. The number of rotatable bonds is 2. The molecule has 2 heterocycles. The fourth-order valence-corrected chi connectivity index (χ4v) is 1.86. The number of carbonyl (C=O) groups is 1. The van der Waals surface area contributed by atoms with E-state index in [-0.39, 0.29) is 5.91 Å². The van der Waals surface area contributed by atoms with Crippen LogP contribution in [-0.4, -0.2) is 54.0 Å². The summed E-state index contributed by atoms with van der Waals surface area (Å²) >= 11 is 3.29. The lowest BCUT2D eigenvalue weighted by atomic mass is 10.3. The van der Waals surface area contributed by atoms with Gasteiger partial charge in [-0.1, -0.05) is 0 Å². The topological polar surface area (TPSA) is 48.5 Å². The molecule has 0 radical (unpaired) electrons. The molecule has 92 valence electrons. The molecule has 0 spiro atoms. The maximum absolute atomic E-state index is 11.9. The Bertz CT molecular complexity index is 387. The molecule has 0 aliphatic carbocycles. The minimum atomic E-state index is -0.151. The first-order valence-corrected chi connectivity index (χ1v) is 6.30. The summed E-state index contributed by atoms with van der Waals surface area (Å²) in [5.74, 6) is -0.151. The monoisotopic (exact) mass is 298 g/mol. The minimum Gasteiger partial charge on any atom is -0.304 e. The number of likely N-dealkylation sites (N-methyl/N-ethyl adjacent to an activating group) is 1. The van der Waals surface area contributed by atoms with Gasteiger partial charge in [0.1, 0.15) is 5.69 Å². The quantitative estimate of drug-likeness (QED) is 0.875. The summed E-state index contributed by atoms with van der Waals surface area (Å²) in [6.45, 7) is 3.62. The highest BCUT2D eigenvalue weighted by Crippen LogP contribution is 2.07. The lowest BCUT2D eigenvalue weighted by Gasteiger charge is -2.32. The molecule has 1 aromatic rings.